The number of thiol groups is 1. The zero-order valence-electron chi connectivity index (χ0n) is 22.1. The minimum Gasteiger partial charge on any atom is -0.404 e. The van der Waals surface area contributed by atoms with Gasteiger partial charge in [-0.1, -0.05) is 86.0 Å². The minimum atomic E-state index is -0.385. The molecule has 0 aliphatic carbocycles. The summed E-state index contributed by atoms with van der Waals surface area (Å²) in [7, 11) is 0. The summed E-state index contributed by atoms with van der Waals surface area (Å²) in [6.07, 6.45) is 14.2. The number of nitrogens with zero attached hydrogens (tertiary/aromatic N) is 1. The normalized spacial score (nSPS) is 15.8. The lowest BCUT2D eigenvalue weighted by atomic mass is 9.84. The molecular weight excluding hydrogens is 529 g/mol. The molecular formula is C34H32N4S2. The van der Waals surface area contributed by atoms with Crippen molar-refractivity contribution in [3.8, 4) is 22.4 Å². The van der Waals surface area contributed by atoms with Gasteiger partial charge in [-0.25, -0.2) is 0 Å². The Morgan fingerprint density at radius 2 is 1.82 bits per heavy atom. The Hall–Kier alpha value is -3.97. The molecule has 0 amide bonds. The zero-order chi connectivity index (χ0) is 28.1. The first-order valence-electron chi connectivity index (χ1n) is 13.0. The van der Waals surface area contributed by atoms with Gasteiger partial charge in [-0.15, -0.1) is 11.8 Å². The largest absolute Gasteiger partial charge is 0.404 e. The van der Waals surface area contributed by atoms with Crippen LogP contribution in [0.4, 0.5) is 0 Å². The third-order valence-electron chi connectivity index (χ3n) is 7.06. The fourth-order valence-electron chi connectivity index (χ4n) is 5.08. The molecule has 0 fully saturated rings. The van der Waals surface area contributed by atoms with Crippen LogP contribution >= 0.6 is 24.4 Å². The lowest BCUT2D eigenvalue weighted by molar-refractivity contribution is 0.909. The summed E-state index contributed by atoms with van der Waals surface area (Å²) < 4.78 is 0. The van der Waals surface area contributed by atoms with Gasteiger partial charge in [-0.2, -0.15) is 12.6 Å². The molecule has 200 valence electrons. The number of nitrogens with two attached hydrogens (primary N) is 2. The van der Waals surface area contributed by atoms with Crippen molar-refractivity contribution in [2.75, 3.05) is 0 Å². The van der Waals surface area contributed by atoms with E-state index in [9.17, 15) is 0 Å². The van der Waals surface area contributed by atoms with E-state index in [4.69, 9.17) is 16.5 Å². The summed E-state index contributed by atoms with van der Waals surface area (Å²) in [5.41, 5.74) is 21.2. The smallest absolute Gasteiger partial charge is 0.103 e. The van der Waals surface area contributed by atoms with Crippen LogP contribution in [0.15, 0.2) is 116 Å². The van der Waals surface area contributed by atoms with Crippen molar-refractivity contribution in [3.63, 3.8) is 0 Å². The van der Waals surface area contributed by atoms with Gasteiger partial charge in [0.15, 0.2) is 0 Å². The molecule has 1 aromatic heterocycles. The van der Waals surface area contributed by atoms with E-state index < -0.39 is 0 Å². The number of allylic oxidation sites excluding steroid dienone is 1. The summed E-state index contributed by atoms with van der Waals surface area (Å²) >= 11 is 6.06. The lowest BCUT2D eigenvalue weighted by Crippen LogP contribution is -2.18. The van der Waals surface area contributed by atoms with Crippen LogP contribution in [0.1, 0.15) is 27.6 Å². The Labute approximate surface area is 245 Å². The molecule has 4 aromatic rings. The Balaban J connectivity index is 1.71. The number of rotatable bonds is 9. The van der Waals surface area contributed by atoms with E-state index in [1.807, 2.05) is 42.0 Å². The average molecular weight is 561 g/mol. The van der Waals surface area contributed by atoms with Crippen molar-refractivity contribution in [1.29, 1.82) is 0 Å². The quantitative estimate of drug-likeness (QED) is 0.0954. The number of fused-ring (bicyclic) bond motifs is 1. The molecule has 1 aliphatic rings. The molecule has 0 saturated carbocycles. The maximum Gasteiger partial charge on any atom is 0.103 e. The maximum absolute atomic E-state index is 5.98. The molecule has 0 saturated heterocycles. The molecule has 0 bridgehead atoms. The number of thioether (sulfide) groups is 1. The van der Waals surface area contributed by atoms with Crippen LogP contribution in [0.5, 0.6) is 0 Å². The molecule has 1 aliphatic heterocycles. The number of aromatic nitrogens is 1. The summed E-state index contributed by atoms with van der Waals surface area (Å²) in [6, 6.07) is 21.0. The third kappa shape index (κ3) is 5.52. The van der Waals surface area contributed by atoms with Crippen molar-refractivity contribution < 1.29 is 0 Å². The number of hydrogen-bond donors (Lipinski definition) is 4. The van der Waals surface area contributed by atoms with Crippen molar-refractivity contribution in [1.82, 2.24) is 10.3 Å². The highest BCUT2D eigenvalue weighted by Crippen LogP contribution is 2.40. The van der Waals surface area contributed by atoms with E-state index in [1.165, 1.54) is 5.56 Å². The van der Waals surface area contributed by atoms with Gasteiger partial charge in [-0.3, -0.25) is 4.98 Å². The molecule has 4 nitrogen and oxygen atoms in total. The van der Waals surface area contributed by atoms with E-state index in [-0.39, 0.29) is 10.7 Å². The molecule has 3 aromatic carbocycles. The van der Waals surface area contributed by atoms with Gasteiger partial charge in [0, 0.05) is 24.2 Å². The van der Waals surface area contributed by atoms with Crippen molar-refractivity contribution in [3.05, 3.63) is 138 Å². The summed E-state index contributed by atoms with van der Waals surface area (Å²) in [5.74, 6) is 0. The van der Waals surface area contributed by atoms with Gasteiger partial charge < -0.3 is 16.8 Å². The Morgan fingerprint density at radius 1 is 1.02 bits per heavy atom. The lowest BCUT2D eigenvalue weighted by Gasteiger charge is -2.20. The van der Waals surface area contributed by atoms with E-state index in [0.717, 1.165) is 55.4 Å². The van der Waals surface area contributed by atoms with Crippen molar-refractivity contribution in [2.45, 2.75) is 17.2 Å². The molecule has 2 atom stereocenters. The Bertz CT molecular complexity index is 1630. The summed E-state index contributed by atoms with van der Waals surface area (Å²) in [6.45, 7) is 8.40. The van der Waals surface area contributed by atoms with Crippen LogP contribution < -0.4 is 16.8 Å². The van der Waals surface area contributed by atoms with Crippen LogP contribution in [0.3, 0.4) is 0 Å². The molecule has 40 heavy (non-hydrogen) atoms. The maximum atomic E-state index is 5.98. The van der Waals surface area contributed by atoms with Gasteiger partial charge in [0.1, 0.15) is 5.37 Å². The Morgan fingerprint density at radius 3 is 2.45 bits per heavy atom. The highest BCUT2D eigenvalue weighted by atomic mass is 32.2. The second-order valence-electron chi connectivity index (χ2n) is 9.40. The van der Waals surface area contributed by atoms with Crippen LogP contribution in [0.2, 0.25) is 0 Å². The van der Waals surface area contributed by atoms with Gasteiger partial charge in [0.25, 0.3) is 0 Å². The molecule has 5 rings (SSSR count). The first-order valence-corrected chi connectivity index (χ1v) is 14.5. The molecule has 2 unspecified atom stereocenters. The van der Waals surface area contributed by atoms with E-state index in [1.54, 1.807) is 24.2 Å². The van der Waals surface area contributed by atoms with Gasteiger partial charge in [0.2, 0.25) is 0 Å². The molecule has 2 heterocycles. The first-order chi connectivity index (χ1) is 19.5. The molecule has 0 spiro atoms. The van der Waals surface area contributed by atoms with Crippen molar-refractivity contribution in [2.24, 2.45) is 11.5 Å². The minimum absolute atomic E-state index is 0.118. The van der Waals surface area contributed by atoms with Gasteiger partial charge >= 0.3 is 0 Å². The second-order valence-corrected chi connectivity index (χ2v) is 11.0. The summed E-state index contributed by atoms with van der Waals surface area (Å²) in [4.78, 5) is 4.79. The van der Waals surface area contributed by atoms with E-state index in [0.29, 0.717) is 6.42 Å². The molecule has 5 N–H and O–H groups in total. The number of benzene rings is 3. The van der Waals surface area contributed by atoms with Gasteiger partial charge in [-0.05, 0) is 73.7 Å². The second kappa shape index (κ2) is 12.5. The SMILES string of the molecule is C=Cc1c(C=C)c(-c2ccc(C(N)S)cn2)c2ccc(-c3ccccc3)cc2c1C/C=C\C(=C/N)C1NC=CS1. The van der Waals surface area contributed by atoms with Crippen molar-refractivity contribution >= 4 is 47.3 Å². The number of pyridine rings is 1. The van der Waals surface area contributed by atoms with E-state index in [2.05, 4.69) is 85.7 Å². The fraction of sp³-hybridized carbons (Fsp3) is 0.0882. The highest BCUT2D eigenvalue weighted by molar-refractivity contribution is 8.03. The first kappa shape index (κ1) is 27.6. The topological polar surface area (TPSA) is 77.0 Å². The molecule has 6 heteroatoms. The van der Waals surface area contributed by atoms with Crippen LogP contribution in [-0.2, 0) is 6.42 Å². The predicted octanol–water partition coefficient (Wildman–Crippen LogP) is 7.82. The Kier molecular flexibility index (Phi) is 8.60. The fourth-order valence-corrected chi connectivity index (χ4v) is 6.02. The predicted molar refractivity (Wildman–Crippen MR) is 177 cm³/mol. The van der Waals surface area contributed by atoms with Crippen LogP contribution in [0, 0.1) is 0 Å². The number of nitrogens with one attached hydrogen (secondary N) is 1. The van der Waals surface area contributed by atoms with E-state index >= 15 is 0 Å². The zero-order valence-corrected chi connectivity index (χ0v) is 23.8. The van der Waals surface area contributed by atoms with Gasteiger partial charge in [0.05, 0.1) is 11.1 Å². The molecule has 0 radical (unpaired) electrons. The van der Waals surface area contributed by atoms with Crippen LogP contribution in [0.25, 0.3) is 45.3 Å². The van der Waals surface area contributed by atoms with Crippen LogP contribution in [-0.4, -0.2) is 10.4 Å². The average Bonchev–Trinajstić information content (AvgIpc) is 3.54. The third-order valence-corrected chi connectivity index (χ3v) is 8.33. The monoisotopic (exact) mass is 560 g/mol. The standard InChI is InChI=1S/C34H32N4S2/c1-3-26-27(4-2)32(31-16-14-25(21-38-31)33(36)39)29-15-13-23(22-9-6-5-7-10-22)19-30(29)28(26)12-8-11-24(20-35)34-37-17-18-40-34/h3-11,13-21,33-34,37,39H,1-2,12,35-36H2/b11-8-,24-20+. The summed E-state index contributed by atoms with van der Waals surface area (Å²) in [5, 5.41) is 7.34. The highest BCUT2D eigenvalue weighted by Gasteiger charge is 2.19. The number of hydrogen-bond acceptors (Lipinski definition) is 6.